The van der Waals surface area contributed by atoms with Crippen LogP contribution in [0.2, 0.25) is 0 Å². The van der Waals surface area contributed by atoms with Crippen molar-refractivity contribution in [3.8, 4) is 17.2 Å². The van der Waals surface area contributed by atoms with Gasteiger partial charge in [-0.15, -0.1) is 0 Å². The van der Waals surface area contributed by atoms with Gasteiger partial charge in [0.05, 0.1) is 12.2 Å². The lowest BCUT2D eigenvalue weighted by Gasteiger charge is -2.11. The summed E-state index contributed by atoms with van der Waals surface area (Å²) in [6.45, 7) is 3.25. The van der Waals surface area contributed by atoms with E-state index in [0.717, 1.165) is 11.5 Å². The Morgan fingerprint density at radius 3 is 2.14 bits per heavy atom. The molecule has 0 aliphatic heterocycles. The number of benzene rings is 2. The Kier molecular flexibility index (Phi) is 5.65. The van der Waals surface area contributed by atoms with Gasteiger partial charge in [-0.2, -0.15) is 0 Å². The first-order valence-electron chi connectivity index (χ1n) is 7.08. The third-order valence-electron chi connectivity index (χ3n) is 2.90. The van der Waals surface area contributed by atoms with Gasteiger partial charge in [0, 0.05) is 0 Å². The number of ether oxygens (including phenoxy) is 3. The van der Waals surface area contributed by atoms with Crippen LogP contribution < -0.4 is 19.9 Å². The third kappa shape index (κ3) is 4.41. The monoisotopic (exact) mass is 301 g/mol. The molecule has 0 fully saturated rings. The molecule has 0 aliphatic carbocycles. The van der Waals surface area contributed by atoms with E-state index in [1.165, 1.54) is 0 Å². The van der Waals surface area contributed by atoms with Gasteiger partial charge >= 0.3 is 0 Å². The van der Waals surface area contributed by atoms with Crippen LogP contribution in [-0.4, -0.2) is 25.7 Å². The number of hydrogen-bond donors (Lipinski definition) is 1. The molecule has 0 bridgehead atoms. The number of rotatable bonds is 8. The van der Waals surface area contributed by atoms with Crippen molar-refractivity contribution in [1.82, 2.24) is 0 Å². The number of nitrogens with two attached hydrogens (primary N) is 1. The first-order valence-corrected chi connectivity index (χ1v) is 7.08. The molecule has 1 amide bonds. The van der Waals surface area contributed by atoms with Crippen LogP contribution >= 0.6 is 0 Å². The van der Waals surface area contributed by atoms with E-state index in [1.807, 2.05) is 31.2 Å². The van der Waals surface area contributed by atoms with Crippen LogP contribution in [0.4, 0.5) is 0 Å². The molecule has 2 aromatic rings. The molecule has 0 unspecified atom stereocenters. The predicted octanol–water partition coefficient (Wildman–Crippen LogP) is 2.64. The molecule has 5 heteroatoms. The van der Waals surface area contributed by atoms with Crippen molar-refractivity contribution in [3.63, 3.8) is 0 Å². The van der Waals surface area contributed by atoms with Gasteiger partial charge in [0.15, 0.2) is 0 Å². The zero-order valence-corrected chi connectivity index (χ0v) is 12.5. The second-order valence-electron chi connectivity index (χ2n) is 4.46. The molecule has 0 radical (unpaired) electrons. The summed E-state index contributed by atoms with van der Waals surface area (Å²) in [5.74, 6) is 1.49. The van der Waals surface area contributed by atoms with Crippen LogP contribution in [0.3, 0.4) is 0 Å². The zero-order chi connectivity index (χ0) is 15.8. The molecule has 0 saturated carbocycles. The molecular weight excluding hydrogens is 282 g/mol. The standard InChI is InChI=1S/C17H19NO4/c1-2-20-13-7-9-14(10-8-13)21-11-12-22-16-6-4-3-5-15(16)17(18)19/h3-10H,2,11-12H2,1H3,(H2,18,19). The minimum Gasteiger partial charge on any atom is -0.494 e. The number of primary amides is 1. The minimum absolute atomic E-state index is 0.317. The molecule has 0 spiro atoms. The van der Waals surface area contributed by atoms with Gasteiger partial charge in [0.1, 0.15) is 30.5 Å². The average molecular weight is 301 g/mol. The van der Waals surface area contributed by atoms with Gasteiger partial charge in [-0.3, -0.25) is 4.79 Å². The summed E-state index contributed by atoms with van der Waals surface area (Å²) in [7, 11) is 0. The fourth-order valence-corrected chi connectivity index (χ4v) is 1.91. The maximum Gasteiger partial charge on any atom is 0.252 e. The molecule has 0 heterocycles. The highest BCUT2D eigenvalue weighted by Gasteiger charge is 2.07. The molecule has 2 N–H and O–H groups in total. The summed E-state index contributed by atoms with van der Waals surface area (Å²) >= 11 is 0. The Bertz CT molecular complexity index is 610. The van der Waals surface area contributed by atoms with E-state index in [4.69, 9.17) is 19.9 Å². The quantitative estimate of drug-likeness (QED) is 0.761. The Morgan fingerprint density at radius 1 is 0.909 bits per heavy atom. The molecule has 0 aromatic heterocycles. The van der Waals surface area contributed by atoms with E-state index in [1.54, 1.807) is 24.3 Å². The molecule has 5 nitrogen and oxygen atoms in total. The van der Waals surface area contributed by atoms with Crippen molar-refractivity contribution in [2.45, 2.75) is 6.92 Å². The first kappa shape index (κ1) is 15.7. The number of hydrogen-bond acceptors (Lipinski definition) is 4. The summed E-state index contributed by atoms with van der Waals surface area (Å²) in [4.78, 5) is 11.3. The van der Waals surface area contributed by atoms with Gasteiger partial charge in [-0.25, -0.2) is 0 Å². The Hall–Kier alpha value is -2.69. The summed E-state index contributed by atoms with van der Waals surface area (Å²) < 4.78 is 16.5. The van der Waals surface area contributed by atoms with Gasteiger partial charge in [0.2, 0.25) is 0 Å². The highest BCUT2D eigenvalue weighted by atomic mass is 16.5. The average Bonchev–Trinajstić information content (AvgIpc) is 2.53. The SMILES string of the molecule is CCOc1ccc(OCCOc2ccccc2C(N)=O)cc1. The van der Waals surface area contributed by atoms with E-state index < -0.39 is 5.91 Å². The second kappa shape index (κ2) is 7.93. The molecule has 0 aliphatic rings. The minimum atomic E-state index is -0.511. The third-order valence-corrected chi connectivity index (χ3v) is 2.90. The Balaban J connectivity index is 1.81. The van der Waals surface area contributed by atoms with Crippen molar-refractivity contribution < 1.29 is 19.0 Å². The van der Waals surface area contributed by atoms with Gasteiger partial charge in [-0.1, -0.05) is 12.1 Å². The van der Waals surface area contributed by atoms with Crippen LogP contribution in [0.1, 0.15) is 17.3 Å². The summed E-state index contributed by atoms with van der Waals surface area (Å²) in [6.07, 6.45) is 0. The van der Waals surface area contributed by atoms with Gasteiger partial charge < -0.3 is 19.9 Å². The summed E-state index contributed by atoms with van der Waals surface area (Å²) in [6, 6.07) is 14.2. The highest BCUT2D eigenvalue weighted by Crippen LogP contribution is 2.19. The fourth-order valence-electron chi connectivity index (χ4n) is 1.91. The number of para-hydroxylation sites is 1. The van der Waals surface area contributed by atoms with E-state index in [0.29, 0.717) is 31.1 Å². The van der Waals surface area contributed by atoms with Crippen molar-refractivity contribution in [1.29, 1.82) is 0 Å². The van der Waals surface area contributed by atoms with Crippen molar-refractivity contribution >= 4 is 5.91 Å². The number of carbonyl (C=O) groups excluding carboxylic acids is 1. The molecule has 116 valence electrons. The first-order chi connectivity index (χ1) is 10.7. The van der Waals surface area contributed by atoms with Gasteiger partial charge in [-0.05, 0) is 43.3 Å². The van der Waals surface area contributed by atoms with Crippen LogP contribution in [0.5, 0.6) is 17.2 Å². The fraction of sp³-hybridized carbons (Fsp3) is 0.235. The normalized spacial score (nSPS) is 10.0. The Morgan fingerprint density at radius 2 is 1.50 bits per heavy atom. The van der Waals surface area contributed by atoms with Crippen molar-refractivity contribution in [3.05, 3.63) is 54.1 Å². The lowest BCUT2D eigenvalue weighted by atomic mass is 10.2. The van der Waals surface area contributed by atoms with Crippen LogP contribution in [0.25, 0.3) is 0 Å². The number of carbonyl (C=O) groups is 1. The summed E-state index contributed by atoms with van der Waals surface area (Å²) in [5, 5.41) is 0. The predicted molar refractivity (Wildman–Crippen MR) is 83.6 cm³/mol. The Labute approximate surface area is 129 Å². The van der Waals surface area contributed by atoms with Crippen molar-refractivity contribution in [2.75, 3.05) is 19.8 Å². The van der Waals surface area contributed by atoms with Crippen LogP contribution in [0, 0.1) is 0 Å². The molecule has 0 atom stereocenters. The highest BCUT2D eigenvalue weighted by molar-refractivity contribution is 5.95. The number of amides is 1. The molecule has 2 aromatic carbocycles. The second-order valence-corrected chi connectivity index (χ2v) is 4.46. The lowest BCUT2D eigenvalue weighted by Crippen LogP contribution is -2.15. The zero-order valence-electron chi connectivity index (χ0n) is 12.5. The maximum absolute atomic E-state index is 11.3. The largest absolute Gasteiger partial charge is 0.494 e. The van der Waals surface area contributed by atoms with E-state index >= 15 is 0 Å². The molecule has 2 rings (SSSR count). The smallest absolute Gasteiger partial charge is 0.252 e. The summed E-state index contributed by atoms with van der Waals surface area (Å²) in [5.41, 5.74) is 5.65. The maximum atomic E-state index is 11.3. The molecule has 22 heavy (non-hydrogen) atoms. The van der Waals surface area contributed by atoms with Gasteiger partial charge in [0.25, 0.3) is 5.91 Å². The van der Waals surface area contributed by atoms with Crippen LogP contribution in [0.15, 0.2) is 48.5 Å². The van der Waals surface area contributed by atoms with Crippen LogP contribution in [-0.2, 0) is 0 Å². The van der Waals surface area contributed by atoms with E-state index in [9.17, 15) is 4.79 Å². The topological polar surface area (TPSA) is 70.8 Å². The van der Waals surface area contributed by atoms with Crippen molar-refractivity contribution in [2.24, 2.45) is 5.73 Å². The molecular formula is C17H19NO4. The van der Waals surface area contributed by atoms with E-state index in [-0.39, 0.29) is 0 Å². The lowest BCUT2D eigenvalue weighted by molar-refractivity contribution is 0.0995. The van der Waals surface area contributed by atoms with E-state index in [2.05, 4.69) is 0 Å². The molecule has 0 saturated heterocycles.